The summed E-state index contributed by atoms with van der Waals surface area (Å²) in [6, 6.07) is 9.00. The molecule has 0 unspecified atom stereocenters. The van der Waals surface area contributed by atoms with Gasteiger partial charge in [-0.25, -0.2) is 0 Å². The molecule has 2 N–H and O–H groups in total. The standard InChI is InChI=1S/C12H13N3O/c1-8-7-14-11(12(16)15-8)10-4-2-3-9(5-10)6-13/h2-5,8,11,14H,7H2,1H3,(H,15,16)/t8-,11-/m1/s1. The Morgan fingerprint density at radius 2 is 2.31 bits per heavy atom. The van der Waals surface area contributed by atoms with E-state index in [4.69, 9.17) is 5.26 Å². The topological polar surface area (TPSA) is 64.9 Å². The lowest BCUT2D eigenvalue weighted by Crippen LogP contribution is -2.52. The minimum absolute atomic E-state index is 0.0335. The second-order valence-corrected chi connectivity index (χ2v) is 3.99. The fourth-order valence-corrected chi connectivity index (χ4v) is 1.82. The summed E-state index contributed by atoms with van der Waals surface area (Å²) in [6.07, 6.45) is 0. The summed E-state index contributed by atoms with van der Waals surface area (Å²) in [5.74, 6) is -0.0335. The van der Waals surface area contributed by atoms with Crippen LogP contribution >= 0.6 is 0 Å². The highest BCUT2D eigenvalue weighted by molar-refractivity contribution is 5.84. The molecular weight excluding hydrogens is 202 g/mol. The molecule has 0 spiro atoms. The SMILES string of the molecule is C[C@@H]1CN[C@H](c2cccc(C#N)c2)C(=O)N1. The van der Waals surface area contributed by atoms with Crippen molar-refractivity contribution < 1.29 is 4.79 Å². The van der Waals surface area contributed by atoms with E-state index >= 15 is 0 Å². The third-order valence-electron chi connectivity index (χ3n) is 2.63. The fraction of sp³-hybridized carbons (Fsp3) is 0.333. The monoisotopic (exact) mass is 215 g/mol. The molecule has 0 bridgehead atoms. The molecule has 2 atom stereocenters. The summed E-state index contributed by atoms with van der Waals surface area (Å²) in [7, 11) is 0. The summed E-state index contributed by atoms with van der Waals surface area (Å²) < 4.78 is 0. The number of amides is 1. The summed E-state index contributed by atoms with van der Waals surface area (Å²) in [5, 5.41) is 14.8. The van der Waals surface area contributed by atoms with Gasteiger partial charge in [0.15, 0.2) is 0 Å². The number of piperazine rings is 1. The predicted octanol–water partition coefficient (Wildman–Crippen LogP) is 0.707. The summed E-state index contributed by atoms with van der Waals surface area (Å²) >= 11 is 0. The molecule has 1 saturated heterocycles. The van der Waals surface area contributed by atoms with E-state index in [0.717, 1.165) is 12.1 Å². The number of carbonyl (C=O) groups is 1. The summed E-state index contributed by atoms with van der Waals surface area (Å²) in [4.78, 5) is 11.7. The smallest absolute Gasteiger partial charge is 0.241 e. The van der Waals surface area contributed by atoms with E-state index in [-0.39, 0.29) is 18.0 Å². The van der Waals surface area contributed by atoms with Crippen LogP contribution in [0.2, 0.25) is 0 Å². The highest BCUT2D eigenvalue weighted by Gasteiger charge is 2.26. The number of nitrogens with zero attached hydrogens (tertiary/aromatic N) is 1. The van der Waals surface area contributed by atoms with Gasteiger partial charge in [-0.1, -0.05) is 12.1 Å². The molecule has 4 heteroatoms. The van der Waals surface area contributed by atoms with Crippen LogP contribution in [-0.4, -0.2) is 18.5 Å². The van der Waals surface area contributed by atoms with Gasteiger partial charge in [-0.2, -0.15) is 5.26 Å². The number of rotatable bonds is 1. The first-order valence-electron chi connectivity index (χ1n) is 5.24. The van der Waals surface area contributed by atoms with Crippen LogP contribution in [0.3, 0.4) is 0 Å². The molecule has 0 aromatic heterocycles. The van der Waals surface area contributed by atoms with Gasteiger partial charge < -0.3 is 10.6 Å². The van der Waals surface area contributed by atoms with Crippen molar-refractivity contribution in [3.63, 3.8) is 0 Å². The quantitative estimate of drug-likeness (QED) is 0.725. The molecule has 4 nitrogen and oxygen atoms in total. The van der Waals surface area contributed by atoms with Crippen LogP contribution in [-0.2, 0) is 4.79 Å². The first kappa shape index (κ1) is 10.7. The van der Waals surface area contributed by atoms with Gasteiger partial charge in [-0.15, -0.1) is 0 Å². The number of benzene rings is 1. The average molecular weight is 215 g/mol. The largest absolute Gasteiger partial charge is 0.351 e. The van der Waals surface area contributed by atoms with E-state index in [2.05, 4.69) is 16.7 Å². The van der Waals surface area contributed by atoms with Crippen molar-refractivity contribution in [3.05, 3.63) is 35.4 Å². The zero-order valence-electron chi connectivity index (χ0n) is 9.03. The molecule has 0 radical (unpaired) electrons. The van der Waals surface area contributed by atoms with E-state index in [1.54, 1.807) is 18.2 Å². The Labute approximate surface area is 94.3 Å². The van der Waals surface area contributed by atoms with Gasteiger partial charge in [0.25, 0.3) is 0 Å². The number of hydrogen-bond donors (Lipinski definition) is 2. The molecule has 1 heterocycles. The molecule has 0 saturated carbocycles. The second-order valence-electron chi connectivity index (χ2n) is 3.99. The minimum Gasteiger partial charge on any atom is -0.351 e. The van der Waals surface area contributed by atoms with E-state index in [0.29, 0.717) is 5.56 Å². The third kappa shape index (κ3) is 2.05. The Morgan fingerprint density at radius 1 is 1.50 bits per heavy atom. The van der Waals surface area contributed by atoms with Crippen molar-refractivity contribution in [1.29, 1.82) is 5.26 Å². The highest BCUT2D eigenvalue weighted by Crippen LogP contribution is 2.17. The van der Waals surface area contributed by atoms with Crippen LogP contribution in [0, 0.1) is 11.3 Å². The van der Waals surface area contributed by atoms with Gasteiger partial charge in [0.2, 0.25) is 5.91 Å². The van der Waals surface area contributed by atoms with Crippen LogP contribution in [0.4, 0.5) is 0 Å². The Kier molecular flexibility index (Phi) is 2.88. The fourth-order valence-electron chi connectivity index (χ4n) is 1.82. The van der Waals surface area contributed by atoms with Crippen LogP contribution in [0.1, 0.15) is 24.1 Å². The molecule has 1 aromatic carbocycles. The zero-order chi connectivity index (χ0) is 11.5. The van der Waals surface area contributed by atoms with Gasteiger partial charge in [-0.3, -0.25) is 4.79 Å². The third-order valence-corrected chi connectivity index (χ3v) is 2.63. The minimum atomic E-state index is -0.343. The van der Waals surface area contributed by atoms with E-state index in [1.807, 2.05) is 13.0 Å². The van der Waals surface area contributed by atoms with Gasteiger partial charge in [0.05, 0.1) is 11.6 Å². The summed E-state index contributed by atoms with van der Waals surface area (Å²) in [5.41, 5.74) is 1.41. The maximum Gasteiger partial charge on any atom is 0.241 e. The Morgan fingerprint density at radius 3 is 3.00 bits per heavy atom. The molecule has 1 aliphatic rings. The summed E-state index contributed by atoms with van der Waals surface area (Å²) in [6.45, 7) is 2.69. The molecular formula is C12H13N3O. The highest BCUT2D eigenvalue weighted by atomic mass is 16.2. The molecule has 1 aliphatic heterocycles. The Bertz CT molecular complexity index is 450. The number of hydrogen-bond acceptors (Lipinski definition) is 3. The molecule has 16 heavy (non-hydrogen) atoms. The molecule has 1 amide bonds. The second kappa shape index (κ2) is 4.33. The van der Waals surface area contributed by atoms with Gasteiger partial charge in [-0.05, 0) is 24.6 Å². The molecule has 2 rings (SSSR count). The van der Waals surface area contributed by atoms with Crippen LogP contribution in [0.25, 0.3) is 0 Å². The van der Waals surface area contributed by atoms with Crippen LogP contribution in [0.5, 0.6) is 0 Å². The number of carbonyl (C=O) groups excluding carboxylic acids is 1. The van der Waals surface area contributed by atoms with Crippen molar-refractivity contribution in [3.8, 4) is 6.07 Å². The van der Waals surface area contributed by atoms with Gasteiger partial charge in [0.1, 0.15) is 6.04 Å². The normalized spacial score (nSPS) is 24.6. The van der Waals surface area contributed by atoms with Crippen molar-refractivity contribution >= 4 is 5.91 Å². The molecule has 0 aliphatic carbocycles. The Balaban J connectivity index is 2.24. The van der Waals surface area contributed by atoms with Crippen LogP contribution in [0.15, 0.2) is 24.3 Å². The van der Waals surface area contributed by atoms with Gasteiger partial charge >= 0.3 is 0 Å². The van der Waals surface area contributed by atoms with Crippen molar-refractivity contribution in [2.75, 3.05) is 6.54 Å². The molecule has 82 valence electrons. The average Bonchev–Trinajstić information content (AvgIpc) is 2.29. The predicted molar refractivity (Wildman–Crippen MR) is 59.5 cm³/mol. The first-order chi connectivity index (χ1) is 7.70. The molecule has 1 aromatic rings. The van der Waals surface area contributed by atoms with E-state index < -0.39 is 0 Å². The lowest BCUT2D eigenvalue weighted by atomic mass is 10.0. The van der Waals surface area contributed by atoms with Gasteiger partial charge in [0, 0.05) is 12.6 Å². The van der Waals surface area contributed by atoms with E-state index in [1.165, 1.54) is 0 Å². The molecule has 1 fully saturated rings. The lowest BCUT2D eigenvalue weighted by molar-refractivity contribution is -0.125. The maximum absolute atomic E-state index is 11.7. The first-order valence-corrected chi connectivity index (χ1v) is 5.24. The van der Waals surface area contributed by atoms with Crippen molar-refractivity contribution in [2.45, 2.75) is 19.0 Å². The Hall–Kier alpha value is -1.86. The lowest BCUT2D eigenvalue weighted by Gasteiger charge is -2.28. The maximum atomic E-state index is 11.7. The number of nitriles is 1. The van der Waals surface area contributed by atoms with Crippen molar-refractivity contribution in [2.24, 2.45) is 0 Å². The van der Waals surface area contributed by atoms with Crippen LogP contribution < -0.4 is 10.6 Å². The number of nitrogens with one attached hydrogen (secondary N) is 2. The van der Waals surface area contributed by atoms with Crippen molar-refractivity contribution in [1.82, 2.24) is 10.6 Å². The van der Waals surface area contributed by atoms with E-state index in [9.17, 15) is 4.79 Å². The zero-order valence-corrected chi connectivity index (χ0v) is 9.03.